The Kier molecular flexibility index (Phi) is 4.46. The van der Waals surface area contributed by atoms with Crippen LogP contribution in [0.3, 0.4) is 0 Å². The predicted molar refractivity (Wildman–Crippen MR) is 71.9 cm³/mol. The van der Waals surface area contributed by atoms with E-state index >= 15 is 0 Å². The molecule has 0 aliphatic heterocycles. The molecular weight excluding hydrogens is 242 g/mol. The second-order valence-electron chi connectivity index (χ2n) is 4.59. The van der Waals surface area contributed by atoms with Crippen molar-refractivity contribution in [1.82, 2.24) is 20.2 Å². The van der Waals surface area contributed by atoms with Crippen LogP contribution < -0.4 is 10.5 Å². The van der Waals surface area contributed by atoms with Crippen LogP contribution in [0.25, 0.3) is 0 Å². The minimum absolute atomic E-state index is 0.182. The fourth-order valence-corrected chi connectivity index (χ4v) is 1.68. The van der Waals surface area contributed by atoms with Crippen molar-refractivity contribution in [2.45, 2.75) is 32.9 Å². The number of rotatable bonds is 6. The molecule has 102 valence electrons. The minimum Gasteiger partial charge on any atom is -0.491 e. The van der Waals surface area contributed by atoms with E-state index in [1.165, 1.54) is 0 Å². The lowest BCUT2D eigenvalue weighted by Gasteiger charge is -2.09. The van der Waals surface area contributed by atoms with Crippen molar-refractivity contribution >= 4 is 0 Å². The van der Waals surface area contributed by atoms with Crippen molar-refractivity contribution in [3.8, 4) is 5.75 Å². The number of tetrazole rings is 1. The second kappa shape index (κ2) is 6.29. The highest BCUT2D eigenvalue weighted by atomic mass is 16.5. The highest BCUT2D eigenvalue weighted by Crippen LogP contribution is 2.14. The molecule has 2 N–H and O–H groups in total. The molecule has 0 radical (unpaired) electrons. The third-order valence-corrected chi connectivity index (χ3v) is 2.48. The molecule has 0 aliphatic carbocycles. The molecule has 2 aromatic rings. The number of ether oxygens (including phenoxy) is 1. The summed E-state index contributed by atoms with van der Waals surface area (Å²) in [5, 5.41) is 12.2. The Labute approximate surface area is 112 Å². The highest BCUT2D eigenvalue weighted by Gasteiger charge is 2.03. The number of benzene rings is 1. The highest BCUT2D eigenvalue weighted by molar-refractivity contribution is 5.27. The first-order chi connectivity index (χ1) is 9.17. The Balaban J connectivity index is 1.98. The van der Waals surface area contributed by atoms with Gasteiger partial charge in [-0.3, -0.25) is 0 Å². The molecule has 19 heavy (non-hydrogen) atoms. The molecular formula is C13H19N5O. The van der Waals surface area contributed by atoms with Gasteiger partial charge >= 0.3 is 0 Å². The van der Waals surface area contributed by atoms with Crippen LogP contribution in [0.2, 0.25) is 0 Å². The Hall–Kier alpha value is -1.95. The monoisotopic (exact) mass is 261 g/mol. The summed E-state index contributed by atoms with van der Waals surface area (Å²) in [6, 6.07) is 7.91. The predicted octanol–water partition coefficient (Wildman–Crippen LogP) is 1.01. The molecule has 0 unspecified atom stereocenters. The molecule has 0 saturated heterocycles. The summed E-state index contributed by atoms with van der Waals surface area (Å²) in [7, 11) is 0. The van der Waals surface area contributed by atoms with E-state index in [4.69, 9.17) is 10.5 Å². The Morgan fingerprint density at radius 3 is 2.63 bits per heavy atom. The van der Waals surface area contributed by atoms with Gasteiger partial charge in [0.05, 0.1) is 12.6 Å². The summed E-state index contributed by atoms with van der Waals surface area (Å²) < 4.78 is 5.59. The van der Waals surface area contributed by atoms with Gasteiger partial charge in [0, 0.05) is 6.42 Å². The summed E-state index contributed by atoms with van der Waals surface area (Å²) in [6.07, 6.45) is 0.836. The van der Waals surface area contributed by atoms with E-state index < -0.39 is 0 Å². The van der Waals surface area contributed by atoms with Crippen molar-refractivity contribution in [2.75, 3.05) is 6.54 Å². The lowest BCUT2D eigenvalue weighted by molar-refractivity contribution is 0.242. The topological polar surface area (TPSA) is 78.8 Å². The standard InChI is InChI=1S/C13H19N5O/c1-10(2)19-12-5-3-11(4-6-12)9-18-16-13(7-8-14)15-17-18/h3-6,10H,7-9,14H2,1-2H3. The van der Waals surface area contributed by atoms with Crippen LogP contribution in [0, 0.1) is 0 Å². The third-order valence-electron chi connectivity index (χ3n) is 2.48. The van der Waals surface area contributed by atoms with Crippen LogP contribution in [-0.4, -0.2) is 32.9 Å². The van der Waals surface area contributed by atoms with E-state index in [-0.39, 0.29) is 6.10 Å². The molecule has 2 rings (SSSR count). The molecule has 0 fully saturated rings. The summed E-state index contributed by atoms with van der Waals surface area (Å²) in [4.78, 5) is 1.57. The maximum atomic E-state index is 5.59. The van der Waals surface area contributed by atoms with Crippen LogP contribution in [0.15, 0.2) is 24.3 Å². The zero-order valence-corrected chi connectivity index (χ0v) is 11.3. The summed E-state index contributed by atoms with van der Waals surface area (Å²) in [6.45, 7) is 5.14. The van der Waals surface area contributed by atoms with Crippen LogP contribution in [0.4, 0.5) is 0 Å². The number of hydrogen-bond acceptors (Lipinski definition) is 5. The molecule has 1 heterocycles. The van der Waals surface area contributed by atoms with Crippen molar-refractivity contribution in [3.63, 3.8) is 0 Å². The van der Waals surface area contributed by atoms with Gasteiger partial charge in [0.1, 0.15) is 5.75 Å². The van der Waals surface area contributed by atoms with Gasteiger partial charge in [-0.15, -0.1) is 10.2 Å². The van der Waals surface area contributed by atoms with Gasteiger partial charge in [0.2, 0.25) is 0 Å². The number of aromatic nitrogens is 4. The van der Waals surface area contributed by atoms with Crippen LogP contribution in [0.5, 0.6) is 5.75 Å². The van der Waals surface area contributed by atoms with E-state index in [9.17, 15) is 0 Å². The first-order valence-corrected chi connectivity index (χ1v) is 6.39. The van der Waals surface area contributed by atoms with Gasteiger partial charge in [0.15, 0.2) is 5.82 Å². The quantitative estimate of drug-likeness (QED) is 0.839. The summed E-state index contributed by atoms with van der Waals surface area (Å²) in [5.41, 5.74) is 6.55. The molecule has 0 bridgehead atoms. The molecule has 6 nitrogen and oxygen atoms in total. The van der Waals surface area contributed by atoms with Crippen molar-refractivity contribution in [2.24, 2.45) is 5.73 Å². The molecule has 0 aliphatic rings. The number of nitrogens with zero attached hydrogens (tertiary/aromatic N) is 4. The van der Waals surface area contributed by atoms with Crippen molar-refractivity contribution < 1.29 is 4.74 Å². The zero-order valence-electron chi connectivity index (χ0n) is 11.3. The molecule has 0 spiro atoms. The lowest BCUT2D eigenvalue weighted by Crippen LogP contribution is -2.07. The minimum atomic E-state index is 0.182. The normalized spacial score (nSPS) is 10.9. The molecule has 6 heteroatoms. The fourth-order valence-electron chi connectivity index (χ4n) is 1.68. The SMILES string of the molecule is CC(C)Oc1ccc(Cn2nnc(CCN)n2)cc1. The van der Waals surface area contributed by atoms with E-state index in [1.807, 2.05) is 38.1 Å². The van der Waals surface area contributed by atoms with Gasteiger partial charge in [-0.1, -0.05) is 12.1 Å². The van der Waals surface area contributed by atoms with E-state index in [0.29, 0.717) is 25.3 Å². The second-order valence-corrected chi connectivity index (χ2v) is 4.59. The molecule has 1 aromatic heterocycles. The first kappa shape index (κ1) is 13.5. The Bertz CT molecular complexity index is 506. The van der Waals surface area contributed by atoms with E-state index in [0.717, 1.165) is 11.3 Å². The van der Waals surface area contributed by atoms with Crippen LogP contribution >= 0.6 is 0 Å². The van der Waals surface area contributed by atoms with Crippen molar-refractivity contribution in [3.05, 3.63) is 35.7 Å². The van der Waals surface area contributed by atoms with E-state index in [1.54, 1.807) is 4.80 Å². The Morgan fingerprint density at radius 2 is 2.00 bits per heavy atom. The smallest absolute Gasteiger partial charge is 0.176 e. The average molecular weight is 261 g/mol. The van der Waals surface area contributed by atoms with Gasteiger partial charge in [-0.2, -0.15) is 4.80 Å². The van der Waals surface area contributed by atoms with Crippen LogP contribution in [0.1, 0.15) is 25.2 Å². The van der Waals surface area contributed by atoms with Gasteiger partial charge in [-0.05, 0) is 43.3 Å². The molecule has 0 atom stereocenters. The van der Waals surface area contributed by atoms with Gasteiger partial charge < -0.3 is 10.5 Å². The summed E-state index contributed by atoms with van der Waals surface area (Å²) >= 11 is 0. The summed E-state index contributed by atoms with van der Waals surface area (Å²) in [5.74, 6) is 1.55. The number of hydrogen-bond donors (Lipinski definition) is 1. The average Bonchev–Trinajstić information content (AvgIpc) is 2.79. The van der Waals surface area contributed by atoms with Crippen LogP contribution in [-0.2, 0) is 13.0 Å². The molecule has 1 aromatic carbocycles. The third kappa shape index (κ3) is 4.03. The maximum absolute atomic E-state index is 5.59. The van der Waals surface area contributed by atoms with Gasteiger partial charge in [-0.25, -0.2) is 0 Å². The Morgan fingerprint density at radius 1 is 1.26 bits per heavy atom. The zero-order chi connectivity index (χ0) is 13.7. The van der Waals surface area contributed by atoms with Gasteiger partial charge in [0.25, 0.3) is 0 Å². The first-order valence-electron chi connectivity index (χ1n) is 6.39. The maximum Gasteiger partial charge on any atom is 0.176 e. The van der Waals surface area contributed by atoms with E-state index in [2.05, 4.69) is 15.4 Å². The van der Waals surface area contributed by atoms with Crippen molar-refractivity contribution in [1.29, 1.82) is 0 Å². The molecule has 0 saturated carbocycles. The lowest BCUT2D eigenvalue weighted by atomic mass is 10.2. The largest absolute Gasteiger partial charge is 0.491 e. The fraction of sp³-hybridized carbons (Fsp3) is 0.462. The number of nitrogens with two attached hydrogens (primary N) is 1. The molecule has 0 amide bonds.